The number of benzene rings is 1. The lowest BCUT2D eigenvalue weighted by Gasteiger charge is -2.24. The standard InChI is InChI=1S/C15H19Cl3N2O/c1-9(2)14(8-21-3)20-13-7-11(18)10(17)6-12(13)19-15(20)4-5-16/h6-7,9,14H,4-5,8H2,1-3H3. The number of hydrogen-bond donors (Lipinski definition) is 0. The number of fused-ring (bicyclic) bond motifs is 1. The van der Waals surface area contributed by atoms with E-state index in [1.54, 1.807) is 13.2 Å². The molecule has 0 saturated carbocycles. The van der Waals surface area contributed by atoms with E-state index in [0.717, 1.165) is 16.9 Å². The maximum absolute atomic E-state index is 6.18. The van der Waals surface area contributed by atoms with E-state index in [-0.39, 0.29) is 6.04 Å². The third-order valence-corrected chi connectivity index (χ3v) is 4.47. The van der Waals surface area contributed by atoms with Crippen LogP contribution in [0, 0.1) is 5.92 Å². The van der Waals surface area contributed by atoms with Crippen LogP contribution in [-0.4, -0.2) is 29.1 Å². The normalized spacial score (nSPS) is 13.3. The first kappa shape index (κ1) is 16.9. The van der Waals surface area contributed by atoms with Crippen LogP contribution in [0.2, 0.25) is 10.0 Å². The van der Waals surface area contributed by atoms with E-state index in [1.165, 1.54) is 0 Å². The molecule has 1 aromatic carbocycles. The summed E-state index contributed by atoms with van der Waals surface area (Å²) in [6, 6.07) is 3.85. The van der Waals surface area contributed by atoms with Crippen molar-refractivity contribution in [2.75, 3.05) is 19.6 Å². The molecule has 0 radical (unpaired) electrons. The third-order valence-electron chi connectivity index (χ3n) is 3.56. The average molecular weight is 350 g/mol. The smallest absolute Gasteiger partial charge is 0.111 e. The second kappa shape index (κ2) is 7.19. The van der Waals surface area contributed by atoms with E-state index < -0.39 is 0 Å². The predicted molar refractivity (Wildman–Crippen MR) is 89.9 cm³/mol. The van der Waals surface area contributed by atoms with Gasteiger partial charge in [0.05, 0.1) is 33.7 Å². The van der Waals surface area contributed by atoms with Crippen LogP contribution >= 0.6 is 34.8 Å². The molecule has 6 heteroatoms. The molecule has 1 unspecified atom stereocenters. The monoisotopic (exact) mass is 348 g/mol. The number of halogens is 3. The number of ether oxygens (including phenoxy) is 1. The molecule has 0 aliphatic rings. The largest absolute Gasteiger partial charge is 0.383 e. The van der Waals surface area contributed by atoms with E-state index in [9.17, 15) is 0 Å². The lowest BCUT2D eigenvalue weighted by molar-refractivity contribution is 0.133. The Hall–Kier alpha value is -0.480. The number of aryl methyl sites for hydroxylation is 1. The molecule has 1 aromatic heterocycles. The molecule has 2 aromatic rings. The van der Waals surface area contributed by atoms with Crippen LogP contribution in [0.1, 0.15) is 25.7 Å². The zero-order valence-corrected chi connectivity index (χ0v) is 14.6. The maximum atomic E-state index is 6.18. The zero-order chi connectivity index (χ0) is 15.6. The van der Waals surface area contributed by atoms with E-state index in [1.807, 2.05) is 6.07 Å². The van der Waals surface area contributed by atoms with Crippen LogP contribution in [0.3, 0.4) is 0 Å². The summed E-state index contributed by atoms with van der Waals surface area (Å²) >= 11 is 18.2. The number of rotatable bonds is 6. The van der Waals surface area contributed by atoms with E-state index in [4.69, 9.17) is 39.5 Å². The van der Waals surface area contributed by atoms with Gasteiger partial charge in [0.2, 0.25) is 0 Å². The van der Waals surface area contributed by atoms with Crippen molar-refractivity contribution in [3.8, 4) is 0 Å². The first-order chi connectivity index (χ1) is 9.99. The van der Waals surface area contributed by atoms with Gasteiger partial charge >= 0.3 is 0 Å². The summed E-state index contributed by atoms with van der Waals surface area (Å²) in [6.07, 6.45) is 0.693. The van der Waals surface area contributed by atoms with Gasteiger partial charge in [-0.05, 0) is 18.1 Å². The Morgan fingerprint density at radius 2 is 1.90 bits per heavy atom. The molecule has 116 valence electrons. The highest BCUT2D eigenvalue weighted by atomic mass is 35.5. The molecule has 3 nitrogen and oxygen atoms in total. The topological polar surface area (TPSA) is 27.1 Å². The minimum atomic E-state index is 0.176. The van der Waals surface area contributed by atoms with Gasteiger partial charge in [0.15, 0.2) is 0 Å². The Kier molecular flexibility index (Phi) is 5.78. The summed E-state index contributed by atoms with van der Waals surface area (Å²) in [5.41, 5.74) is 1.81. The summed E-state index contributed by atoms with van der Waals surface area (Å²) in [5.74, 6) is 1.85. The average Bonchev–Trinajstić information content (AvgIpc) is 2.74. The van der Waals surface area contributed by atoms with Crippen molar-refractivity contribution in [3.63, 3.8) is 0 Å². The Bertz CT molecular complexity index is 625. The van der Waals surface area contributed by atoms with Crippen molar-refractivity contribution in [3.05, 3.63) is 28.0 Å². The highest BCUT2D eigenvalue weighted by Crippen LogP contribution is 2.32. The van der Waals surface area contributed by atoms with Crippen molar-refractivity contribution < 1.29 is 4.74 Å². The Balaban J connectivity index is 2.66. The SMILES string of the molecule is COCC(C(C)C)n1c(CCCl)nc2cc(Cl)c(Cl)cc21. The fourth-order valence-electron chi connectivity index (χ4n) is 2.51. The Labute approximate surface area is 140 Å². The Morgan fingerprint density at radius 1 is 1.24 bits per heavy atom. The molecule has 1 atom stereocenters. The molecule has 1 heterocycles. The second-order valence-electron chi connectivity index (χ2n) is 5.36. The minimum absolute atomic E-state index is 0.176. The molecule has 0 amide bonds. The highest BCUT2D eigenvalue weighted by Gasteiger charge is 2.22. The van der Waals surface area contributed by atoms with Crippen LogP contribution < -0.4 is 0 Å². The molecular formula is C15H19Cl3N2O. The molecule has 0 aliphatic heterocycles. The Morgan fingerprint density at radius 3 is 2.48 bits per heavy atom. The lowest BCUT2D eigenvalue weighted by Crippen LogP contribution is -2.22. The van der Waals surface area contributed by atoms with Gasteiger partial charge in [-0.25, -0.2) is 4.98 Å². The molecule has 0 aliphatic carbocycles. The zero-order valence-electron chi connectivity index (χ0n) is 12.4. The summed E-state index contributed by atoms with van der Waals surface area (Å²) in [4.78, 5) is 4.67. The summed E-state index contributed by atoms with van der Waals surface area (Å²) in [6.45, 7) is 4.94. The fraction of sp³-hybridized carbons (Fsp3) is 0.533. The molecule has 0 bridgehead atoms. The van der Waals surface area contributed by atoms with Gasteiger partial charge < -0.3 is 9.30 Å². The van der Waals surface area contributed by atoms with Crippen LogP contribution in [0.15, 0.2) is 12.1 Å². The summed E-state index contributed by atoms with van der Waals surface area (Å²) in [7, 11) is 1.71. The second-order valence-corrected chi connectivity index (χ2v) is 6.55. The van der Waals surface area contributed by atoms with Gasteiger partial charge in [-0.3, -0.25) is 0 Å². The molecule has 0 fully saturated rings. The number of methoxy groups -OCH3 is 1. The fourth-order valence-corrected chi connectivity index (χ4v) is 2.99. The number of aromatic nitrogens is 2. The van der Waals surface area contributed by atoms with Crippen molar-refractivity contribution >= 4 is 45.8 Å². The van der Waals surface area contributed by atoms with E-state index in [0.29, 0.717) is 34.9 Å². The van der Waals surface area contributed by atoms with Gasteiger partial charge in [-0.2, -0.15) is 0 Å². The van der Waals surface area contributed by atoms with Gasteiger partial charge in [0.1, 0.15) is 5.82 Å². The molecule has 21 heavy (non-hydrogen) atoms. The van der Waals surface area contributed by atoms with E-state index >= 15 is 0 Å². The summed E-state index contributed by atoms with van der Waals surface area (Å²) in [5, 5.41) is 1.04. The number of hydrogen-bond acceptors (Lipinski definition) is 2. The van der Waals surface area contributed by atoms with Gasteiger partial charge in [-0.15, -0.1) is 11.6 Å². The van der Waals surface area contributed by atoms with Crippen LogP contribution in [0.5, 0.6) is 0 Å². The predicted octanol–water partition coefficient (Wildman–Crippen LogP) is 4.97. The number of nitrogens with zero attached hydrogens (tertiary/aromatic N) is 2. The molecule has 0 spiro atoms. The molecule has 2 rings (SSSR count). The lowest BCUT2D eigenvalue weighted by atomic mass is 10.0. The number of imidazole rings is 1. The van der Waals surface area contributed by atoms with Gasteiger partial charge in [0.25, 0.3) is 0 Å². The molecular weight excluding hydrogens is 331 g/mol. The molecule has 0 saturated heterocycles. The van der Waals surface area contributed by atoms with Crippen molar-refractivity contribution in [1.82, 2.24) is 9.55 Å². The number of alkyl halides is 1. The van der Waals surface area contributed by atoms with Crippen molar-refractivity contribution in [1.29, 1.82) is 0 Å². The van der Waals surface area contributed by atoms with Crippen LogP contribution in [-0.2, 0) is 11.2 Å². The summed E-state index contributed by atoms with van der Waals surface area (Å²) < 4.78 is 7.57. The minimum Gasteiger partial charge on any atom is -0.383 e. The van der Waals surface area contributed by atoms with Gasteiger partial charge in [-0.1, -0.05) is 37.0 Å². The maximum Gasteiger partial charge on any atom is 0.111 e. The van der Waals surface area contributed by atoms with E-state index in [2.05, 4.69) is 23.4 Å². The van der Waals surface area contributed by atoms with Crippen molar-refractivity contribution in [2.24, 2.45) is 5.92 Å². The van der Waals surface area contributed by atoms with Crippen LogP contribution in [0.4, 0.5) is 0 Å². The quantitative estimate of drug-likeness (QED) is 0.689. The van der Waals surface area contributed by atoms with Gasteiger partial charge in [0, 0.05) is 19.4 Å². The van der Waals surface area contributed by atoms with Crippen LogP contribution in [0.25, 0.3) is 11.0 Å². The third kappa shape index (κ3) is 3.48. The van der Waals surface area contributed by atoms with Crippen molar-refractivity contribution in [2.45, 2.75) is 26.3 Å². The molecule has 0 N–H and O–H groups in total. The first-order valence-electron chi connectivity index (χ1n) is 6.90. The highest BCUT2D eigenvalue weighted by molar-refractivity contribution is 6.42. The first-order valence-corrected chi connectivity index (χ1v) is 8.19.